The number of amides is 1. The van der Waals surface area contributed by atoms with Gasteiger partial charge in [-0.25, -0.2) is 4.98 Å². The summed E-state index contributed by atoms with van der Waals surface area (Å²) in [5, 5.41) is 7.92. The van der Waals surface area contributed by atoms with Crippen molar-refractivity contribution in [1.82, 2.24) is 25.0 Å². The van der Waals surface area contributed by atoms with E-state index < -0.39 is 0 Å². The molecule has 5 N–H and O–H groups in total. The van der Waals surface area contributed by atoms with Gasteiger partial charge in [0.25, 0.3) is 5.91 Å². The van der Waals surface area contributed by atoms with Crippen molar-refractivity contribution >= 4 is 23.5 Å². The molecule has 2 aromatic heterocycles. The molecule has 2 saturated carbocycles. The molecule has 3 heterocycles. The predicted octanol–water partition coefficient (Wildman–Crippen LogP) is 4.05. The molecule has 6 rings (SSSR count). The number of carbonyl (C=O) groups is 1. The number of nitrogens with zero attached hydrogens (tertiary/aromatic N) is 5. The van der Waals surface area contributed by atoms with Crippen LogP contribution in [0.5, 0.6) is 0 Å². The monoisotopic (exact) mass is 582 g/mol. The van der Waals surface area contributed by atoms with Crippen LogP contribution in [0.2, 0.25) is 0 Å². The van der Waals surface area contributed by atoms with E-state index in [1.165, 1.54) is 11.8 Å². The highest BCUT2D eigenvalue weighted by Gasteiger charge is 2.62. The van der Waals surface area contributed by atoms with Crippen LogP contribution >= 0.6 is 0 Å². The van der Waals surface area contributed by atoms with Crippen molar-refractivity contribution in [2.75, 3.05) is 32.9 Å². The minimum Gasteiger partial charge on any atom is -0.404 e. The summed E-state index contributed by atoms with van der Waals surface area (Å²) in [7, 11) is 3.85. The number of carbonyl (C=O) groups excluding carboxylic acids is 1. The van der Waals surface area contributed by atoms with Crippen LogP contribution in [0.3, 0.4) is 0 Å². The molecule has 0 bridgehead atoms. The smallest absolute Gasteiger partial charge is 0.255 e. The summed E-state index contributed by atoms with van der Waals surface area (Å²) in [5.74, 6) is -0.0253. The summed E-state index contributed by atoms with van der Waals surface area (Å²) in [6.07, 6.45) is 15.2. The van der Waals surface area contributed by atoms with Gasteiger partial charge in [0.1, 0.15) is 5.82 Å². The van der Waals surface area contributed by atoms with E-state index in [2.05, 4.69) is 67.5 Å². The number of ether oxygens (including phenoxy) is 1. The average Bonchev–Trinajstić information content (AvgIpc) is 3.29. The van der Waals surface area contributed by atoms with Crippen LogP contribution in [0.25, 0.3) is 16.7 Å². The maximum atomic E-state index is 13.3. The van der Waals surface area contributed by atoms with Crippen LogP contribution in [-0.2, 0) is 11.3 Å². The number of hydrogen-bond acceptors (Lipinski definition) is 8. The second-order valence-corrected chi connectivity index (χ2v) is 12.3. The Bertz CT molecular complexity index is 1510. The maximum Gasteiger partial charge on any atom is 0.255 e. The minimum absolute atomic E-state index is 0.0188. The van der Waals surface area contributed by atoms with Gasteiger partial charge in [-0.2, -0.15) is 5.10 Å². The normalized spacial score (nSPS) is 24.7. The fourth-order valence-corrected chi connectivity index (χ4v) is 6.79. The van der Waals surface area contributed by atoms with Crippen molar-refractivity contribution in [3.05, 3.63) is 71.8 Å². The van der Waals surface area contributed by atoms with E-state index in [0.717, 1.165) is 62.7 Å². The zero-order chi connectivity index (χ0) is 30.0. The van der Waals surface area contributed by atoms with Crippen LogP contribution in [-0.4, -0.2) is 71.1 Å². The van der Waals surface area contributed by atoms with Crippen molar-refractivity contribution in [1.29, 1.82) is 0 Å². The number of aliphatic imine (C=N–C) groups is 1. The zero-order valence-electron chi connectivity index (χ0n) is 25.1. The molecule has 10 nitrogen and oxygen atoms in total. The van der Waals surface area contributed by atoms with Crippen molar-refractivity contribution < 1.29 is 9.53 Å². The molecule has 3 aliphatic rings. The number of piperidine rings is 1. The van der Waals surface area contributed by atoms with E-state index >= 15 is 0 Å². The van der Waals surface area contributed by atoms with Gasteiger partial charge in [-0.05, 0) is 69.4 Å². The molecular weight excluding hydrogens is 540 g/mol. The highest BCUT2D eigenvalue weighted by atomic mass is 16.5. The first-order valence-corrected chi connectivity index (χ1v) is 15.2. The van der Waals surface area contributed by atoms with Crippen LogP contribution in [0.4, 0.5) is 5.82 Å². The van der Waals surface area contributed by atoms with Crippen molar-refractivity contribution in [3.63, 3.8) is 0 Å². The van der Waals surface area contributed by atoms with Gasteiger partial charge in [-0.1, -0.05) is 30.7 Å². The molecule has 1 amide bonds. The van der Waals surface area contributed by atoms with E-state index in [4.69, 9.17) is 16.2 Å². The Kier molecular flexibility index (Phi) is 8.32. The van der Waals surface area contributed by atoms with E-state index in [1.54, 1.807) is 25.5 Å². The van der Waals surface area contributed by atoms with Gasteiger partial charge in [0.15, 0.2) is 0 Å². The summed E-state index contributed by atoms with van der Waals surface area (Å²) < 4.78 is 8.54. The van der Waals surface area contributed by atoms with E-state index in [0.29, 0.717) is 29.3 Å². The summed E-state index contributed by atoms with van der Waals surface area (Å²) in [6.45, 7) is 2.79. The minimum atomic E-state index is -0.219. The molecule has 226 valence electrons. The Morgan fingerprint density at radius 3 is 2.72 bits per heavy atom. The third kappa shape index (κ3) is 6.07. The number of likely N-dealkylation sites (tertiary alicyclic amines) is 1. The molecule has 10 heteroatoms. The number of nitrogen functional groups attached to an aromatic ring is 1. The molecule has 1 saturated heterocycles. The summed E-state index contributed by atoms with van der Waals surface area (Å²) >= 11 is 0. The third-order valence-corrected chi connectivity index (χ3v) is 9.53. The second-order valence-electron chi connectivity index (χ2n) is 12.3. The van der Waals surface area contributed by atoms with Crippen LogP contribution in [0.15, 0.2) is 60.1 Å². The van der Waals surface area contributed by atoms with Crippen LogP contribution in [0.1, 0.15) is 66.1 Å². The lowest BCUT2D eigenvalue weighted by Gasteiger charge is -2.28. The molecule has 1 spiro atoms. The highest BCUT2D eigenvalue weighted by molar-refractivity contribution is 6.10. The number of anilines is 1. The number of nitrogens with one attached hydrogen (secondary N) is 1. The van der Waals surface area contributed by atoms with Gasteiger partial charge >= 0.3 is 0 Å². The first-order valence-electron chi connectivity index (χ1n) is 15.2. The van der Waals surface area contributed by atoms with E-state index in [1.807, 2.05) is 6.20 Å². The molecule has 0 radical (unpaired) electrons. The molecule has 3 atom stereocenters. The van der Waals surface area contributed by atoms with Gasteiger partial charge in [0.05, 0.1) is 30.5 Å². The van der Waals surface area contributed by atoms with Gasteiger partial charge in [0.2, 0.25) is 0 Å². The third-order valence-electron chi connectivity index (χ3n) is 9.53. The fraction of sp³-hybridized carbons (Fsp3) is 0.455. The molecule has 43 heavy (non-hydrogen) atoms. The maximum absolute atomic E-state index is 13.3. The van der Waals surface area contributed by atoms with Crippen molar-refractivity contribution in [2.45, 2.75) is 63.3 Å². The van der Waals surface area contributed by atoms with E-state index in [9.17, 15) is 4.79 Å². The Labute approximate surface area is 253 Å². The lowest BCUT2D eigenvalue weighted by atomic mass is 9.99. The Morgan fingerprint density at radius 2 is 1.98 bits per heavy atom. The molecule has 3 unspecified atom stereocenters. The fourth-order valence-electron chi connectivity index (χ4n) is 6.79. The second kappa shape index (κ2) is 12.3. The molecule has 1 aromatic carbocycles. The molecule has 2 aliphatic carbocycles. The first kappa shape index (κ1) is 29.1. The summed E-state index contributed by atoms with van der Waals surface area (Å²) in [4.78, 5) is 24.0. The van der Waals surface area contributed by atoms with Crippen LogP contribution < -0.4 is 16.8 Å². The van der Waals surface area contributed by atoms with E-state index in [-0.39, 0.29) is 29.3 Å². The van der Waals surface area contributed by atoms with Crippen molar-refractivity contribution in [2.24, 2.45) is 16.1 Å². The predicted molar refractivity (Wildman–Crippen MR) is 169 cm³/mol. The number of rotatable bonds is 9. The SMILES string of the molecule is CN=CC(=CN)c1cnc(N)c(C(=O)NC2CCCC23CC3OCc2ccc(-c3cnn(C4CCN(C)CC4)c3)cc2)c1. The lowest BCUT2D eigenvalue weighted by molar-refractivity contribution is 0.0682. The topological polar surface area (TPSA) is 137 Å². The van der Waals surface area contributed by atoms with Gasteiger partial charge in [-0.15, -0.1) is 0 Å². The van der Waals surface area contributed by atoms with Gasteiger partial charge in [0, 0.05) is 60.0 Å². The van der Waals surface area contributed by atoms with Gasteiger partial charge < -0.3 is 26.4 Å². The number of hydrogen-bond donors (Lipinski definition) is 3. The molecule has 3 fully saturated rings. The standard InChI is InChI=1S/C33H42N8O2/c1-36-17-25(16-34)24-14-28(31(35)37-18-24)32(42)39-29-4-3-11-33(29)15-30(33)43-21-22-5-7-23(8-6-22)26-19-38-41(20-26)27-9-12-40(2)13-10-27/h5-8,14,16-20,27,29-30H,3-4,9-13,15,21,34H2,1-2H3,(H2,35,37)(H,39,42). The van der Waals surface area contributed by atoms with Gasteiger partial charge in [-0.3, -0.25) is 14.5 Å². The summed E-state index contributed by atoms with van der Waals surface area (Å²) in [5.41, 5.74) is 17.0. The Hall–Kier alpha value is -4.02. The number of allylic oxidation sites excluding steroid dienone is 1. The lowest BCUT2D eigenvalue weighted by Crippen LogP contribution is -2.40. The van der Waals surface area contributed by atoms with Crippen molar-refractivity contribution in [3.8, 4) is 11.1 Å². The Balaban J connectivity index is 1.04. The molecule has 1 aliphatic heterocycles. The number of benzene rings is 1. The largest absolute Gasteiger partial charge is 0.404 e. The highest BCUT2D eigenvalue weighted by Crippen LogP contribution is 2.59. The Morgan fingerprint density at radius 1 is 1.19 bits per heavy atom. The number of pyridine rings is 1. The first-order chi connectivity index (χ1) is 20.9. The number of aromatic nitrogens is 3. The zero-order valence-corrected chi connectivity index (χ0v) is 25.1. The molecule has 3 aromatic rings. The quantitative estimate of drug-likeness (QED) is 0.324. The number of nitrogens with two attached hydrogens (primary N) is 2. The summed E-state index contributed by atoms with van der Waals surface area (Å²) in [6, 6.07) is 10.8. The molecular formula is C33H42N8O2. The van der Waals surface area contributed by atoms with Crippen LogP contribution in [0, 0.1) is 5.41 Å². The average molecular weight is 583 g/mol.